The Bertz CT molecular complexity index is 496. The minimum atomic E-state index is 0.281. The summed E-state index contributed by atoms with van der Waals surface area (Å²) in [4.78, 5) is 12.9. The Morgan fingerprint density at radius 3 is 2.94 bits per heavy atom. The van der Waals surface area contributed by atoms with Crippen LogP contribution in [0.3, 0.4) is 0 Å². The SMILES string of the molecule is CCOOCc1c(N)[nH]c2cccc(Cl)c12. The molecule has 0 radical (unpaired) electrons. The molecule has 0 bridgehead atoms. The van der Waals surface area contributed by atoms with Crippen LogP contribution in [0.25, 0.3) is 10.9 Å². The molecule has 0 aliphatic rings. The van der Waals surface area contributed by atoms with Crippen LogP contribution in [0.5, 0.6) is 0 Å². The van der Waals surface area contributed by atoms with E-state index in [4.69, 9.17) is 27.1 Å². The number of nitrogens with two attached hydrogens (primary N) is 1. The maximum Gasteiger partial charge on any atom is 0.111 e. The first-order chi connectivity index (χ1) is 7.74. The van der Waals surface area contributed by atoms with E-state index in [9.17, 15) is 0 Å². The number of halogens is 1. The van der Waals surface area contributed by atoms with E-state index in [1.54, 1.807) is 0 Å². The summed E-state index contributed by atoms with van der Waals surface area (Å²) in [6, 6.07) is 5.61. The molecule has 0 unspecified atom stereocenters. The number of hydrogen-bond acceptors (Lipinski definition) is 3. The highest BCUT2D eigenvalue weighted by molar-refractivity contribution is 6.35. The lowest BCUT2D eigenvalue weighted by Crippen LogP contribution is -1.97. The Morgan fingerprint density at radius 2 is 2.19 bits per heavy atom. The lowest BCUT2D eigenvalue weighted by atomic mass is 10.2. The van der Waals surface area contributed by atoms with Gasteiger partial charge in [-0.05, 0) is 19.1 Å². The molecular formula is C11H13ClN2O2. The molecular weight excluding hydrogens is 228 g/mol. The summed E-state index contributed by atoms with van der Waals surface area (Å²) >= 11 is 6.12. The first-order valence-electron chi connectivity index (χ1n) is 5.03. The second-order valence-corrected chi connectivity index (χ2v) is 3.76. The van der Waals surface area contributed by atoms with Crippen LogP contribution in [-0.4, -0.2) is 11.6 Å². The highest BCUT2D eigenvalue weighted by atomic mass is 35.5. The van der Waals surface area contributed by atoms with Crippen LogP contribution in [0.15, 0.2) is 18.2 Å². The van der Waals surface area contributed by atoms with E-state index < -0.39 is 0 Å². The van der Waals surface area contributed by atoms with Gasteiger partial charge in [0.15, 0.2) is 0 Å². The van der Waals surface area contributed by atoms with Gasteiger partial charge >= 0.3 is 0 Å². The van der Waals surface area contributed by atoms with Gasteiger partial charge in [-0.2, -0.15) is 0 Å². The van der Waals surface area contributed by atoms with Crippen LogP contribution < -0.4 is 5.73 Å². The molecule has 0 amide bonds. The number of H-pyrrole nitrogens is 1. The lowest BCUT2D eigenvalue weighted by Gasteiger charge is -2.02. The fourth-order valence-corrected chi connectivity index (χ4v) is 1.91. The number of anilines is 1. The van der Waals surface area contributed by atoms with Gasteiger partial charge in [-0.25, -0.2) is 9.78 Å². The van der Waals surface area contributed by atoms with E-state index in [1.165, 1.54) is 0 Å². The van der Waals surface area contributed by atoms with E-state index >= 15 is 0 Å². The summed E-state index contributed by atoms with van der Waals surface area (Å²) < 4.78 is 0. The number of aromatic amines is 1. The van der Waals surface area contributed by atoms with Gasteiger partial charge in [-0.3, -0.25) is 0 Å². The molecule has 5 heteroatoms. The molecule has 0 atom stereocenters. The van der Waals surface area contributed by atoms with E-state index in [2.05, 4.69) is 4.98 Å². The summed E-state index contributed by atoms with van der Waals surface area (Å²) in [5.74, 6) is 0.558. The van der Waals surface area contributed by atoms with Crippen molar-refractivity contribution >= 4 is 28.3 Å². The third-order valence-corrected chi connectivity index (χ3v) is 2.63. The number of nitrogens with one attached hydrogen (secondary N) is 1. The second kappa shape index (κ2) is 4.74. The third kappa shape index (κ3) is 2.00. The molecule has 2 rings (SSSR count). The topological polar surface area (TPSA) is 60.3 Å². The Hall–Kier alpha value is -1.23. The van der Waals surface area contributed by atoms with Crippen molar-refractivity contribution in [2.45, 2.75) is 13.5 Å². The lowest BCUT2D eigenvalue weighted by molar-refractivity contribution is -0.300. The van der Waals surface area contributed by atoms with E-state index in [0.717, 1.165) is 16.5 Å². The average Bonchev–Trinajstić information content (AvgIpc) is 2.57. The van der Waals surface area contributed by atoms with Crippen LogP contribution >= 0.6 is 11.6 Å². The molecule has 16 heavy (non-hydrogen) atoms. The predicted molar refractivity (Wildman–Crippen MR) is 64.1 cm³/mol. The standard InChI is InChI=1S/C11H13ClN2O2/c1-2-15-16-6-7-10-8(12)4-3-5-9(10)14-11(7)13/h3-5,14H,2,6,13H2,1H3. The maximum absolute atomic E-state index is 6.12. The molecule has 0 spiro atoms. The monoisotopic (exact) mass is 240 g/mol. The fraction of sp³-hybridized carbons (Fsp3) is 0.273. The maximum atomic E-state index is 6.12. The van der Waals surface area contributed by atoms with Gasteiger partial charge in [0.1, 0.15) is 12.4 Å². The fourth-order valence-electron chi connectivity index (χ4n) is 1.62. The number of aromatic nitrogens is 1. The highest BCUT2D eigenvalue weighted by Gasteiger charge is 2.12. The Labute approximate surface area is 98.2 Å². The number of hydrogen-bond donors (Lipinski definition) is 2. The van der Waals surface area contributed by atoms with Crippen molar-refractivity contribution in [3.63, 3.8) is 0 Å². The summed E-state index contributed by atoms with van der Waals surface area (Å²) in [5.41, 5.74) is 7.59. The van der Waals surface area contributed by atoms with Crippen LogP contribution in [0.2, 0.25) is 5.02 Å². The van der Waals surface area contributed by atoms with Crippen LogP contribution in [0.4, 0.5) is 5.82 Å². The van der Waals surface area contributed by atoms with Gasteiger partial charge in [0.05, 0.1) is 11.6 Å². The van der Waals surface area contributed by atoms with E-state index in [1.807, 2.05) is 25.1 Å². The zero-order valence-electron chi connectivity index (χ0n) is 8.92. The number of benzene rings is 1. The minimum Gasteiger partial charge on any atom is -0.385 e. The van der Waals surface area contributed by atoms with E-state index in [0.29, 0.717) is 17.4 Å². The average molecular weight is 241 g/mol. The Kier molecular flexibility index (Phi) is 3.33. The molecule has 2 aromatic rings. The van der Waals surface area contributed by atoms with Gasteiger partial charge in [0.25, 0.3) is 0 Å². The summed E-state index contributed by atoms with van der Waals surface area (Å²) in [7, 11) is 0. The van der Waals surface area contributed by atoms with Gasteiger partial charge in [-0.15, -0.1) is 0 Å². The van der Waals surface area contributed by atoms with Crippen molar-refractivity contribution in [3.8, 4) is 0 Å². The summed E-state index contributed by atoms with van der Waals surface area (Å²) in [6.45, 7) is 2.63. The molecule has 0 saturated heterocycles. The quantitative estimate of drug-likeness (QED) is 0.491. The Balaban J connectivity index is 2.38. The van der Waals surface area contributed by atoms with Crippen molar-refractivity contribution in [3.05, 3.63) is 28.8 Å². The zero-order chi connectivity index (χ0) is 11.5. The first-order valence-corrected chi connectivity index (χ1v) is 5.40. The van der Waals surface area contributed by atoms with Gasteiger partial charge in [-0.1, -0.05) is 17.7 Å². The molecule has 1 heterocycles. The zero-order valence-corrected chi connectivity index (χ0v) is 9.67. The van der Waals surface area contributed by atoms with E-state index in [-0.39, 0.29) is 6.61 Å². The van der Waals surface area contributed by atoms with Crippen molar-refractivity contribution in [2.75, 3.05) is 12.3 Å². The van der Waals surface area contributed by atoms with Crippen molar-refractivity contribution < 1.29 is 9.78 Å². The molecule has 4 nitrogen and oxygen atoms in total. The number of nitrogen functional groups attached to an aromatic ring is 1. The van der Waals surface area contributed by atoms with Crippen molar-refractivity contribution in [1.29, 1.82) is 0 Å². The summed E-state index contributed by atoms with van der Waals surface area (Å²) in [6.07, 6.45) is 0. The second-order valence-electron chi connectivity index (χ2n) is 3.35. The predicted octanol–water partition coefficient (Wildman–Crippen LogP) is 2.87. The molecule has 86 valence electrons. The van der Waals surface area contributed by atoms with Crippen LogP contribution in [0.1, 0.15) is 12.5 Å². The van der Waals surface area contributed by atoms with Crippen molar-refractivity contribution in [2.24, 2.45) is 0 Å². The molecule has 0 aliphatic heterocycles. The summed E-state index contributed by atoms with van der Waals surface area (Å²) in [5, 5.41) is 1.54. The highest BCUT2D eigenvalue weighted by Crippen LogP contribution is 2.31. The largest absolute Gasteiger partial charge is 0.385 e. The smallest absolute Gasteiger partial charge is 0.111 e. The Morgan fingerprint density at radius 1 is 1.38 bits per heavy atom. The normalized spacial score (nSPS) is 11.1. The van der Waals surface area contributed by atoms with Gasteiger partial charge < -0.3 is 10.7 Å². The minimum absolute atomic E-state index is 0.281. The number of fused-ring (bicyclic) bond motifs is 1. The molecule has 0 aliphatic carbocycles. The number of rotatable bonds is 4. The molecule has 1 aromatic heterocycles. The van der Waals surface area contributed by atoms with Gasteiger partial charge in [0, 0.05) is 16.5 Å². The van der Waals surface area contributed by atoms with Crippen LogP contribution in [0, 0.1) is 0 Å². The molecule has 0 saturated carbocycles. The third-order valence-electron chi connectivity index (χ3n) is 2.31. The molecule has 0 fully saturated rings. The first kappa shape index (κ1) is 11.3. The molecule has 3 N–H and O–H groups in total. The van der Waals surface area contributed by atoms with Crippen molar-refractivity contribution in [1.82, 2.24) is 4.98 Å². The van der Waals surface area contributed by atoms with Gasteiger partial charge in [0.2, 0.25) is 0 Å². The van der Waals surface area contributed by atoms with Crippen LogP contribution in [-0.2, 0) is 16.4 Å². The molecule has 1 aromatic carbocycles.